The number of carbonyl (C=O) groups is 1. The van der Waals surface area contributed by atoms with Crippen LogP contribution >= 0.6 is 34.7 Å². The Kier molecular flexibility index (Phi) is 6.48. The van der Waals surface area contributed by atoms with Gasteiger partial charge in [0.2, 0.25) is 5.13 Å². The first kappa shape index (κ1) is 17.1. The molecular formula is C14H16ClN3O2S2. The van der Waals surface area contributed by atoms with Crippen molar-refractivity contribution in [2.75, 3.05) is 17.7 Å². The Balaban J connectivity index is 2.02. The van der Waals surface area contributed by atoms with Crippen LogP contribution < -0.4 is 10.1 Å². The highest BCUT2D eigenvalue weighted by Crippen LogP contribution is 2.28. The molecule has 0 bridgehead atoms. The van der Waals surface area contributed by atoms with Crippen LogP contribution in [0, 0.1) is 0 Å². The van der Waals surface area contributed by atoms with Crippen LogP contribution in [-0.2, 0) is 0 Å². The molecule has 0 radical (unpaired) electrons. The molecule has 0 aliphatic carbocycles. The molecule has 2 aromatic rings. The van der Waals surface area contributed by atoms with Crippen molar-refractivity contribution < 1.29 is 9.53 Å². The lowest BCUT2D eigenvalue weighted by molar-refractivity contribution is 0.102. The molecule has 1 aromatic carbocycles. The lowest BCUT2D eigenvalue weighted by Gasteiger charge is -2.07. The Morgan fingerprint density at radius 2 is 2.23 bits per heavy atom. The molecule has 0 atom stereocenters. The fourth-order valence-electron chi connectivity index (χ4n) is 1.59. The summed E-state index contributed by atoms with van der Waals surface area (Å²) < 4.78 is 6.19. The molecule has 0 aliphatic rings. The third-order valence-electron chi connectivity index (χ3n) is 2.55. The van der Waals surface area contributed by atoms with Crippen LogP contribution in [0.3, 0.4) is 0 Å². The topological polar surface area (TPSA) is 64.1 Å². The van der Waals surface area contributed by atoms with E-state index in [0.29, 0.717) is 28.1 Å². The first-order valence-corrected chi connectivity index (χ1v) is 9.02. The van der Waals surface area contributed by atoms with Crippen LogP contribution in [0.1, 0.15) is 30.6 Å². The molecule has 0 aliphatic heterocycles. The molecule has 8 heteroatoms. The highest BCUT2D eigenvalue weighted by molar-refractivity contribution is 8.01. The van der Waals surface area contributed by atoms with Gasteiger partial charge in [0, 0.05) is 11.3 Å². The standard InChI is InChI=1S/C14H16ClN3O2S2/c1-3-7-21-14-18-17-13(22-14)16-12(19)9-5-6-11(20-4-2)10(15)8-9/h5-6,8H,3-4,7H2,1-2H3,(H,16,17,19). The lowest BCUT2D eigenvalue weighted by Crippen LogP contribution is -2.11. The van der Waals surface area contributed by atoms with Crippen LogP contribution in [-0.4, -0.2) is 28.5 Å². The average molecular weight is 358 g/mol. The monoisotopic (exact) mass is 357 g/mol. The fraction of sp³-hybridized carbons (Fsp3) is 0.357. The summed E-state index contributed by atoms with van der Waals surface area (Å²) in [5, 5.41) is 11.6. The fourth-order valence-corrected chi connectivity index (χ4v) is 3.50. The van der Waals surface area contributed by atoms with Gasteiger partial charge in [0.15, 0.2) is 4.34 Å². The zero-order valence-electron chi connectivity index (χ0n) is 12.3. The number of nitrogens with zero attached hydrogens (tertiary/aromatic N) is 2. The van der Waals surface area contributed by atoms with E-state index in [1.807, 2.05) is 6.92 Å². The number of ether oxygens (including phenoxy) is 1. The van der Waals surface area contributed by atoms with Gasteiger partial charge in [-0.1, -0.05) is 41.6 Å². The molecule has 118 valence electrons. The van der Waals surface area contributed by atoms with E-state index >= 15 is 0 Å². The second-order valence-corrected chi connectivity index (χ2v) is 6.98. The average Bonchev–Trinajstić information content (AvgIpc) is 2.94. The second kappa shape index (κ2) is 8.36. The second-order valence-electron chi connectivity index (χ2n) is 4.25. The summed E-state index contributed by atoms with van der Waals surface area (Å²) in [4.78, 5) is 12.2. The van der Waals surface area contributed by atoms with Gasteiger partial charge in [-0.05, 0) is 31.5 Å². The maximum Gasteiger partial charge on any atom is 0.257 e. The van der Waals surface area contributed by atoms with Gasteiger partial charge in [-0.3, -0.25) is 10.1 Å². The summed E-state index contributed by atoms with van der Waals surface area (Å²) in [6, 6.07) is 4.93. The van der Waals surface area contributed by atoms with Gasteiger partial charge < -0.3 is 4.74 Å². The number of anilines is 1. The Bertz CT molecular complexity index is 649. The molecule has 0 fully saturated rings. The van der Waals surface area contributed by atoms with E-state index in [1.165, 1.54) is 11.3 Å². The van der Waals surface area contributed by atoms with Crippen molar-refractivity contribution in [3.63, 3.8) is 0 Å². The van der Waals surface area contributed by atoms with E-state index < -0.39 is 0 Å². The molecule has 0 saturated carbocycles. The molecule has 1 aromatic heterocycles. The van der Waals surface area contributed by atoms with E-state index in [4.69, 9.17) is 16.3 Å². The molecule has 1 N–H and O–H groups in total. The zero-order chi connectivity index (χ0) is 15.9. The molecule has 5 nitrogen and oxygen atoms in total. The number of halogens is 1. The number of carbonyl (C=O) groups excluding carboxylic acids is 1. The number of aromatic nitrogens is 2. The SMILES string of the molecule is CCCSc1nnc(NC(=O)c2ccc(OCC)c(Cl)c2)s1. The smallest absolute Gasteiger partial charge is 0.257 e. The third kappa shape index (κ3) is 4.59. The number of nitrogens with one attached hydrogen (secondary N) is 1. The first-order chi connectivity index (χ1) is 10.6. The van der Waals surface area contributed by atoms with Gasteiger partial charge >= 0.3 is 0 Å². The maximum absolute atomic E-state index is 12.2. The maximum atomic E-state index is 12.2. The molecule has 1 amide bonds. The summed E-state index contributed by atoms with van der Waals surface area (Å²) in [5.74, 6) is 1.28. The molecule has 22 heavy (non-hydrogen) atoms. The highest BCUT2D eigenvalue weighted by atomic mass is 35.5. The predicted molar refractivity (Wildman–Crippen MR) is 91.5 cm³/mol. The first-order valence-electron chi connectivity index (χ1n) is 6.84. The zero-order valence-corrected chi connectivity index (χ0v) is 14.6. The summed E-state index contributed by atoms with van der Waals surface area (Å²) in [6.45, 7) is 4.50. The molecule has 1 heterocycles. The highest BCUT2D eigenvalue weighted by Gasteiger charge is 2.12. The van der Waals surface area contributed by atoms with Crippen LogP contribution in [0.5, 0.6) is 5.75 Å². The third-order valence-corrected chi connectivity index (χ3v) is 5.02. The van der Waals surface area contributed by atoms with Gasteiger partial charge in [-0.15, -0.1) is 10.2 Å². The number of amides is 1. The van der Waals surface area contributed by atoms with E-state index in [2.05, 4.69) is 22.4 Å². The molecular weight excluding hydrogens is 342 g/mol. The van der Waals surface area contributed by atoms with Crippen LogP contribution in [0.15, 0.2) is 22.5 Å². The van der Waals surface area contributed by atoms with Crippen LogP contribution in [0.25, 0.3) is 0 Å². The van der Waals surface area contributed by atoms with E-state index in [0.717, 1.165) is 16.5 Å². The Labute approximate surface area is 142 Å². The Morgan fingerprint density at radius 3 is 2.91 bits per heavy atom. The largest absolute Gasteiger partial charge is 0.492 e. The lowest BCUT2D eigenvalue weighted by atomic mass is 10.2. The van der Waals surface area contributed by atoms with Crippen molar-refractivity contribution in [1.82, 2.24) is 10.2 Å². The van der Waals surface area contributed by atoms with E-state index in [-0.39, 0.29) is 5.91 Å². The Hall–Kier alpha value is -1.31. The van der Waals surface area contributed by atoms with Gasteiger partial charge in [-0.25, -0.2) is 0 Å². The number of benzene rings is 1. The summed E-state index contributed by atoms with van der Waals surface area (Å²) in [5.41, 5.74) is 0.450. The van der Waals surface area contributed by atoms with Gasteiger partial charge in [0.25, 0.3) is 5.91 Å². The van der Waals surface area contributed by atoms with Crippen molar-refractivity contribution in [2.24, 2.45) is 0 Å². The predicted octanol–water partition coefficient (Wildman–Crippen LogP) is 4.34. The van der Waals surface area contributed by atoms with Crippen LogP contribution in [0.2, 0.25) is 5.02 Å². The van der Waals surface area contributed by atoms with Gasteiger partial charge in [-0.2, -0.15) is 0 Å². The summed E-state index contributed by atoms with van der Waals surface area (Å²) >= 11 is 9.08. The van der Waals surface area contributed by atoms with E-state index in [1.54, 1.807) is 30.0 Å². The minimum Gasteiger partial charge on any atom is -0.492 e. The molecule has 0 spiro atoms. The van der Waals surface area contributed by atoms with Gasteiger partial charge in [0.05, 0.1) is 11.6 Å². The van der Waals surface area contributed by atoms with Crippen molar-refractivity contribution >= 4 is 45.7 Å². The summed E-state index contributed by atoms with van der Waals surface area (Å²) in [6.07, 6.45) is 1.07. The number of hydrogen-bond acceptors (Lipinski definition) is 6. The molecule has 2 rings (SSSR count). The number of rotatable bonds is 7. The van der Waals surface area contributed by atoms with Crippen molar-refractivity contribution in [2.45, 2.75) is 24.6 Å². The minimum absolute atomic E-state index is 0.270. The van der Waals surface area contributed by atoms with Crippen molar-refractivity contribution in [3.05, 3.63) is 28.8 Å². The molecule has 0 unspecified atom stereocenters. The van der Waals surface area contributed by atoms with Crippen molar-refractivity contribution in [1.29, 1.82) is 0 Å². The van der Waals surface area contributed by atoms with Crippen LogP contribution in [0.4, 0.5) is 5.13 Å². The Morgan fingerprint density at radius 1 is 1.41 bits per heavy atom. The normalized spacial score (nSPS) is 10.5. The number of hydrogen-bond donors (Lipinski definition) is 1. The molecule has 0 saturated heterocycles. The summed E-state index contributed by atoms with van der Waals surface area (Å²) in [7, 11) is 0. The minimum atomic E-state index is -0.270. The van der Waals surface area contributed by atoms with Crippen molar-refractivity contribution in [3.8, 4) is 5.75 Å². The quantitative estimate of drug-likeness (QED) is 0.589. The van der Waals surface area contributed by atoms with E-state index in [9.17, 15) is 4.79 Å². The number of thioether (sulfide) groups is 1. The van der Waals surface area contributed by atoms with Gasteiger partial charge in [0.1, 0.15) is 5.75 Å².